The number of hydrogen-bond acceptors (Lipinski definition) is 8. The number of nitrogens with zero attached hydrogens (tertiary/aromatic N) is 5. The molecule has 1 saturated heterocycles. The van der Waals surface area contributed by atoms with Crippen molar-refractivity contribution in [2.24, 2.45) is 22.8 Å². The molecule has 1 fully saturated rings. The maximum Gasteiger partial charge on any atom is 0.213 e. The van der Waals surface area contributed by atoms with Gasteiger partial charge in [-0.05, 0) is 49.4 Å². The van der Waals surface area contributed by atoms with Gasteiger partial charge in [-0.1, -0.05) is 23.8 Å². The van der Waals surface area contributed by atoms with E-state index in [0.29, 0.717) is 37.0 Å². The fraction of sp³-hybridized carbons (Fsp3) is 0.458. The average molecular weight is 487 g/mol. The van der Waals surface area contributed by atoms with Gasteiger partial charge in [-0.2, -0.15) is 5.10 Å². The third-order valence-electron chi connectivity index (χ3n) is 5.56. The first-order valence-corrected chi connectivity index (χ1v) is 12.3. The molecule has 8 nitrogen and oxygen atoms in total. The van der Waals surface area contributed by atoms with Gasteiger partial charge in [-0.25, -0.2) is 23.4 Å². The van der Waals surface area contributed by atoms with E-state index in [1.54, 1.807) is 28.8 Å². The van der Waals surface area contributed by atoms with Crippen LogP contribution < -0.4 is 10.5 Å². The Hall–Kier alpha value is -2.53. The summed E-state index contributed by atoms with van der Waals surface area (Å²) >= 11 is 1.55. The lowest BCUT2D eigenvalue weighted by molar-refractivity contribution is 0.175. The molecule has 2 N–H and O–H groups in total. The molecule has 3 aliphatic rings. The first-order chi connectivity index (χ1) is 16.6. The fourth-order valence-corrected chi connectivity index (χ4v) is 4.58. The van der Waals surface area contributed by atoms with Crippen molar-refractivity contribution in [3.8, 4) is 5.88 Å². The van der Waals surface area contributed by atoms with Gasteiger partial charge in [-0.15, -0.1) is 0 Å². The van der Waals surface area contributed by atoms with Crippen LogP contribution in [0.4, 0.5) is 4.39 Å². The van der Waals surface area contributed by atoms with Crippen molar-refractivity contribution < 1.29 is 13.9 Å². The number of nitrogens with two attached hydrogens (primary N) is 1. The van der Waals surface area contributed by atoms with Crippen LogP contribution in [0.15, 0.2) is 68.3 Å². The van der Waals surface area contributed by atoms with Crippen molar-refractivity contribution in [3.63, 3.8) is 0 Å². The third kappa shape index (κ3) is 6.75. The first-order valence-electron chi connectivity index (χ1n) is 11.5. The van der Waals surface area contributed by atoms with E-state index in [1.807, 2.05) is 37.7 Å². The second-order valence-electron chi connectivity index (χ2n) is 8.19. The Labute approximate surface area is 203 Å². The molecule has 1 unspecified atom stereocenters. The van der Waals surface area contributed by atoms with Gasteiger partial charge in [0.1, 0.15) is 24.5 Å². The predicted molar refractivity (Wildman–Crippen MR) is 134 cm³/mol. The molecule has 34 heavy (non-hydrogen) atoms. The summed E-state index contributed by atoms with van der Waals surface area (Å²) in [5, 5.41) is 5.39. The van der Waals surface area contributed by atoms with Crippen LogP contribution in [0.2, 0.25) is 0 Å². The highest BCUT2D eigenvalue weighted by molar-refractivity contribution is 7.97. The maximum atomic E-state index is 13.5. The van der Waals surface area contributed by atoms with Crippen molar-refractivity contribution >= 4 is 24.0 Å². The van der Waals surface area contributed by atoms with Crippen molar-refractivity contribution in [3.05, 3.63) is 53.3 Å². The highest BCUT2D eigenvalue weighted by Gasteiger charge is 2.20. The Morgan fingerprint density at radius 2 is 2.26 bits per heavy atom. The number of aliphatic imine (C=N–C) groups is 2. The fourth-order valence-electron chi connectivity index (χ4n) is 3.71. The van der Waals surface area contributed by atoms with Gasteiger partial charge in [0.15, 0.2) is 5.84 Å². The van der Waals surface area contributed by atoms with Crippen LogP contribution in [-0.4, -0.2) is 65.3 Å². The van der Waals surface area contributed by atoms with Crippen molar-refractivity contribution in [1.29, 1.82) is 0 Å². The second-order valence-corrected chi connectivity index (χ2v) is 9.31. The van der Waals surface area contributed by atoms with E-state index in [2.05, 4.69) is 19.4 Å². The van der Waals surface area contributed by atoms with E-state index in [0.717, 1.165) is 43.0 Å². The molecule has 182 valence electrons. The summed E-state index contributed by atoms with van der Waals surface area (Å²) in [5.74, 6) is 1.25. The summed E-state index contributed by atoms with van der Waals surface area (Å²) in [5.41, 5.74) is 8.38. The summed E-state index contributed by atoms with van der Waals surface area (Å²) in [6, 6.07) is 1.91. The summed E-state index contributed by atoms with van der Waals surface area (Å²) in [6.45, 7) is 2.20. The van der Waals surface area contributed by atoms with Crippen molar-refractivity contribution in [2.75, 3.05) is 33.1 Å². The van der Waals surface area contributed by atoms with E-state index in [-0.39, 0.29) is 6.10 Å². The van der Waals surface area contributed by atoms with Crippen LogP contribution >= 0.6 is 11.9 Å². The van der Waals surface area contributed by atoms with Gasteiger partial charge in [0.05, 0.1) is 6.61 Å². The molecule has 2 aliphatic heterocycles. The lowest BCUT2D eigenvalue weighted by atomic mass is 10.0. The number of aromatic nitrogens is 2. The average Bonchev–Trinajstić information content (AvgIpc) is 3.43. The minimum absolute atomic E-state index is 0.333. The van der Waals surface area contributed by atoms with Crippen LogP contribution in [0.5, 0.6) is 5.88 Å². The van der Waals surface area contributed by atoms with E-state index in [1.165, 1.54) is 5.57 Å². The second kappa shape index (κ2) is 12.3. The topological polar surface area (TPSA) is 90.3 Å². The zero-order valence-electron chi connectivity index (χ0n) is 19.4. The molecule has 0 aromatic carbocycles. The zero-order chi connectivity index (χ0) is 23.8. The molecule has 3 heterocycles. The summed E-state index contributed by atoms with van der Waals surface area (Å²) in [7, 11) is 1.85. The molecule has 10 heteroatoms. The van der Waals surface area contributed by atoms with Gasteiger partial charge in [0.2, 0.25) is 5.88 Å². The van der Waals surface area contributed by atoms with Gasteiger partial charge in [-0.3, -0.25) is 0 Å². The van der Waals surface area contributed by atoms with Crippen molar-refractivity contribution in [2.45, 2.75) is 36.8 Å². The normalized spacial score (nSPS) is 27.8. The number of ether oxygens (including phenoxy) is 2. The lowest BCUT2D eigenvalue weighted by Gasteiger charge is -2.19. The molecule has 1 aromatic heterocycles. The Bertz CT molecular complexity index is 1040. The SMILES string of the molecule is Cn1nc(SN2CCOC2)cc1OC1C=C\C(CF)=C/C=C(/C2=N/C=C(/CCN)CCC=N2)C1. The summed E-state index contributed by atoms with van der Waals surface area (Å²) in [6.07, 6.45) is 13.8. The number of rotatable bonds is 8. The van der Waals surface area contributed by atoms with Crippen LogP contribution in [-0.2, 0) is 11.8 Å². The molecule has 0 radical (unpaired) electrons. The largest absolute Gasteiger partial charge is 0.470 e. The minimum atomic E-state index is -0.562. The number of hydrogen-bond donors (Lipinski definition) is 1. The first kappa shape index (κ1) is 24.6. The molecular weight excluding hydrogens is 455 g/mol. The number of amidine groups is 1. The highest BCUT2D eigenvalue weighted by Crippen LogP contribution is 2.28. The molecule has 1 aliphatic carbocycles. The molecule has 0 spiro atoms. The van der Waals surface area contributed by atoms with E-state index >= 15 is 0 Å². The van der Waals surface area contributed by atoms with Crippen LogP contribution in [0.25, 0.3) is 0 Å². The van der Waals surface area contributed by atoms with Crippen LogP contribution in [0.3, 0.4) is 0 Å². The van der Waals surface area contributed by atoms with Crippen LogP contribution in [0, 0.1) is 0 Å². The number of halogens is 1. The molecule has 1 aromatic rings. The Morgan fingerprint density at radius 3 is 3.06 bits per heavy atom. The highest BCUT2D eigenvalue weighted by atomic mass is 32.2. The summed E-state index contributed by atoms with van der Waals surface area (Å²) < 4.78 is 29.1. The lowest BCUT2D eigenvalue weighted by Crippen LogP contribution is -2.19. The third-order valence-corrected chi connectivity index (χ3v) is 6.49. The quantitative estimate of drug-likeness (QED) is 0.563. The Kier molecular flexibility index (Phi) is 8.86. The molecule has 0 saturated carbocycles. The molecule has 0 bridgehead atoms. The van der Waals surface area contributed by atoms with Crippen molar-refractivity contribution in [1.82, 2.24) is 14.1 Å². The smallest absolute Gasteiger partial charge is 0.213 e. The molecular formula is C24H31FN6O2S. The Morgan fingerprint density at radius 1 is 1.35 bits per heavy atom. The molecule has 0 amide bonds. The van der Waals surface area contributed by atoms with Gasteiger partial charge in [0, 0.05) is 44.1 Å². The van der Waals surface area contributed by atoms with Gasteiger partial charge in [0.25, 0.3) is 0 Å². The molecule has 4 rings (SSSR count). The maximum absolute atomic E-state index is 13.5. The standard InChI is InChI=1S/C24H31FN6O2S/c1-30-23(14-22(29-30)34-31-11-12-32-17-31)33-21-7-5-18(15-25)4-6-20(13-21)24-27-10-2-3-19(8-9-26)16-28-24/h4-7,10,14,16,21H,2-3,8-9,11-13,15,17,26H2,1H3/b7-5?,18-4+,19-16+,20-6+,27-10?,28-24-. The summed E-state index contributed by atoms with van der Waals surface area (Å²) in [4.78, 5) is 9.23. The van der Waals surface area contributed by atoms with E-state index in [4.69, 9.17) is 15.2 Å². The van der Waals surface area contributed by atoms with Crippen LogP contribution in [0.1, 0.15) is 25.7 Å². The number of alkyl halides is 1. The monoisotopic (exact) mass is 486 g/mol. The van der Waals surface area contributed by atoms with Gasteiger partial charge < -0.3 is 15.2 Å². The van der Waals surface area contributed by atoms with E-state index in [9.17, 15) is 4.39 Å². The minimum Gasteiger partial charge on any atom is -0.470 e. The number of allylic oxidation sites excluding steroid dienone is 4. The Balaban J connectivity index is 1.54. The molecule has 1 atom stereocenters. The predicted octanol–water partition coefficient (Wildman–Crippen LogP) is 3.74. The van der Waals surface area contributed by atoms with E-state index < -0.39 is 6.67 Å². The zero-order valence-corrected chi connectivity index (χ0v) is 20.2. The number of aryl methyl sites for hydroxylation is 1. The van der Waals surface area contributed by atoms with Gasteiger partial charge >= 0.3 is 0 Å².